The zero-order valence-electron chi connectivity index (χ0n) is 14.6. The molecule has 2 aromatic carbocycles. The van der Waals surface area contributed by atoms with E-state index in [1.54, 1.807) is 12.1 Å². The first-order chi connectivity index (χ1) is 12.5. The summed E-state index contributed by atoms with van der Waals surface area (Å²) in [5, 5.41) is 2.81. The molecule has 1 aliphatic heterocycles. The lowest BCUT2D eigenvalue weighted by atomic mass is 10.1. The molecule has 1 heterocycles. The van der Waals surface area contributed by atoms with Crippen molar-refractivity contribution in [3.8, 4) is 5.75 Å². The lowest BCUT2D eigenvalue weighted by molar-refractivity contribution is -0.126. The Bertz CT molecular complexity index is 792. The highest BCUT2D eigenvalue weighted by molar-refractivity contribution is 6.00. The highest BCUT2D eigenvalue weighted by Gasteiger charge is 2.34. The summed E-state index contributed by atoms with van der Waals surface area (Å²) in [6.45, 7) is 3.01. The number of benzene rings is 2. The third-order valence-corrected chi connectivity index (χ3v) is 4.29. The van der Waals surface area contributed by atoms with E-state index in [-0.39, 0.29) is 24.1 Å². The summed E-state index contributed by atoms with van der Waals surface area (Å²) in [5.41, 5.74) is 1.71. The van der Waals surface area contributed by atoms with E-state index in [2.05, 4.69) is 5.32 Å². The van der Waals surface area contributed by atoms with Gasteiger partial charge in [0.2, 0.25) is 11.8 Å². The number of anilines is 1. The summed E-state index contributed by atoms with van der Waals surface area (Å²) in [4.78, 5) is 26.0. The molecule has 0 aliphatic carbocycles. The molecule has 3 rings (SSSR count). The second-order valence-corrected chi connectivity index (χ2v) is 6.34. The summed E-state index contributed by atoms with van der Waals surface area (Å²) in [7, 11) is 0. The molecule has 1 saturated heterocycles. The van der Waals surface area contributed by atoms with E-state index in [1.807, 2.05) is 31.2 Å². The molecule has 2 amide bonds. The summed E-state index contributed by atoms with van der Waals surface area (Å²) in [6, 6.07) is 13.4. The average Bonchev–Trinajstić information content (AvgIpc) is 3.01. The Hall–Kier alpha value is -2.89. The smallest absolute Gasteiger partial charge is 0.227 e. The molecule has 2 aromatic rings. The van der Waals surface area contributed by atoms with Gasteiger partial charge in [-0.3, -0.25) is 9.59 Å². The fourth-order valence-electron chi connectivity index (χ4n) is 2.95. The molecule has 1 N–H and O–H groups in total. The number of halogens is 1. The molecule has 0 bridgehead atoms. The topological polar surface area (TPSA) is 58.6 Å². The minimum Gasteiger partial charge on any atom is -0.492 e. The Kier molecular flexibility index (Phi) is 5.51. The highest BCUT2D eigenvalue weighted by Crippen LogP contribution is 2.25. The number of carbonyl (C=O) groups excluding carboxylic acids is 2. The zero-order valence-corrected chi connectivity index (χ0v) is 14.6. The molecule has 1 atom stereocenters. The van der Waals surface area contributed by atoms with Crippen LogP contribution in [0, 0.1) is 18.7 Å². The molecule has 0 spiro atoms. The van der Waals surface area contributed by atoms with Crippen LogP contribution < -0.4 is 15.0 Å². The van der Waals surface area contributed by atoms with Crippen LogP contribution in [0.2, 0.25) is 0 Å². The summed E-state index contributed by atoms with van der Waals surface area (Å²) >= 11 is 0. The van der Waals surface area contributed by atoms with Crippen molar-refractivity contribution in [3.63, 3.8) is 0 Å². The van der Waals surface area contributed by atoms with Crippen molar-refractivity contribution in [2.75, 3.05) is 24.6 Å². The molecule has 6 heteroatoms. The lowest BCUT2D eigenvalue weighted by Gasteiger charge is -2.16. The van der Waals surface area contributed by atoms with Crippen molar-refractivity contribution < 1.29 is 18.7 Å². The number of carbonyl (C=O) groups is 2. The first-order valence-electron chi connectivity index (χ1n) is 8.56. The Labute approximate surface area is 151 Å². The predicted molar refractivity (Wildman–Crippen MR) is 96.5 cm³/mol. The van der Waals surface area contributed by atoms with Crippen LogP contribution in [-0.4, -0.2) is 31.5 Å². The quantitative estimate of drug-likeness (QED) is 0.810. The predicted octanol–water partition coefficient (Wildman–Crippen LogP) is 2.68. The van der Waals surface area contributed by atoms with Crippen LogP contribution in [0.5, 0.6) is 5.75 Å². The van der Waals surface area contributed by atoms with Gasteiger partial charge in [-0.1, -0.05) is 12.1 Å². The van der Waals surface area contributed by atoms with Gasteiger partial charge in [-0.15, -0.1) is 0 Å². The van der Waals surface area contributed by atoms with Gasteiger partial charge in [0.1, 0.15) is 18.2 Å². The average molecular weight is 356 g/mol. The van der Waals surface area contributed by atoms with Crippen molar-refractivity contribution in [2.24, 2.45) is 5.92 Å². The molecule has 136 valence electrons. The van der Waals surface area contributed by atoms with E-state index in [0.717, 1.165) is 11.3 Å². The van der Waals surface area contributed by atoms with Gasteiger partial charge in [-0.2, -0.15) is 0 Å². The third-order valence-electron chi connectivity index (χ3n) is 4.29. The van der Waals surface area contributed by atoms with Crippen LogP contribution in [0.4, 0.5) is 10.1 Å². The van der Waals surface area contributed by atoms with Crippen molar-refractivity contribution in [2.45, 2.75) is 13.3 Å². The Morgan fingerprint density at radius 1 is 1.27 bits per heavy atom. The Morgan fingerprint density at radius 3 is 2.77 bits per heavy atom. The zero-order chi connectivity index (χ0) is 18.5. The second kappa shape index (κ2) is 7.99. The van der Waals surface area contributed by atoms with Crippen LogP contribution in [-0.2, 0) is 9.59 Å². The first kappa shape index (κ1) is 17.9. The minimum absolute atomic E-state index is 0.132. The molecular weight excluding hydrogens is 335 g/mol. The SMILES string of the molecule is Cc1cccc(OCCNC(=O)[C@H]2CC(=O)N(c3ccc(F)cc3)C2)c1. The van der Waals surface area contributed by atoms with Crippen molar-refractivity contribution in [1.29, 1.82) is 0 Å². The molecule has 1 aliphatic rings. The molecular formula is C20H21FN2O3. The normalized spacial score (nSPS) is 16.6. The van der Waals surface area contributed by atoms with Crippen LogP contribution in [0.1, 0.15) is 12.0 Å². The van der Waals surface area contributed by atoms with Crippen molar-refractivity contribution >= 4 is 17.5 Å². The number of hydrogen-bond donors (Lipinski definition) is 1. The molecule has 0 radical (unpaired) electrons. The van der Waals surface area contributed by atoms with Gasteiger partial charge >= 0.3 is 0 Å². The maximum absolute atomic E-state index is 13.0. The fraction of sp³-hybridized carbons (Fsp3) is 0.300. The van der Waals surface area contributed by atoms with Gasteiger partial charge < -0.3 is 15.0 Å². The summed E-state index contributed by atoms with van der Waals surface area (Å²) < 4.78 is 18.6. The maximum atomic E-state index is 13.0. The third kappa shape index (κ3) is 4.39. The summed E-state index contributed by atoms with van der Waals surface area (Å²) in [5.74, 6) is -0.309. The lowest BCUT2D eigenvalue weighted by Crippen LogP contribution is -2.35. The van der Waals surface area contributed by atoms with Gasteiger partial charge in [0.25, 0.3) is 0 Å². The molecule has 1 fully saturated rings. The minimum atomic E-state index is -0.411. The monoisotopic (exact) mass is 356 g/mol. The molecule has 0 saturated carbocycles. The number of aryl methyl sites for hydroxylation is 1. The van der Waals surface area contributed by atoms with E-state index in [9.17, 15) is 14.0 Å². The number of amides is 2. The van der Waals surface area contributed by atoms with Gasteiger partial charge in [-0.25, -0.2) is 4.39 Å². The molecule has 0 unspecified atom stereocenters. The number of rotatable bonds is 6. The van der Waals surface area contributed by atoms with E-state index in [1.165, 1.54) is 17.0 Å². The molecule has 0 aromatic heterocycles. The Morgan fingerprint density at radius 2 is 2.04 bits per heavy atom. The number of hydrogen-bond acceptors (Lipinski definition) is 3. The van der Waals surface area contributed by atoms with Crippen LogP contribution >= 0.6 is 0 Å². The Balaban J connectivity index is 1.46. The largest absolute Gasteiger partial charge is 0.492 e. The highest BCUT2D eigenvalue weighted by atomic mass is 19.1. The van der Waals surface area contributed by atoms with E-state index < -0.39 is 5.92 Å². The fourth-order valence-corrected chi connectivity index (χ4v) is 2.95. The van der Waals surface area contributed by atoms with Crippen LogP contribution in [0.25, 0.3) is 0 Å². The van der Waals surface area contributed by atoms with Gasteiger partial charge in [0, 0.05) is 18.7 Å². The first-order valence-corrected chi connectivity index (χ1v) is 8.56. The maximum Gasteiger partial charge on any atom is 0.227 e. The van der Waals surface area contributed by atoms with Gasteiger partial charge in [0.15, 0.2) is 0 Å². The molecule has 26 heavy (non-hydrogen) atoms. The van der Waals surface area contributed by atoms with Crippen LogP contribution in [0.15, 0.2) is 48.5 Å². The van der Waals surface area contributed by atoms with Crippen molar-refractivity contribution in [1.82, 2.24) is 5.32 Å². The number of nitrogens with zero attached hydrogens (tertiary/aromatic N) is 1. The van der Waals surface area contributed by atoms with Crippen molar-refractivity contribution in [3.05, 3.63) is 59.9 Å². The number of nitrogens with one attached hydrogen (secondary N) is 1. The van der Waals surface area contributed by atoms with Gasteiger partial charge in [0.05, 0.1) is 12.5 Å². The van der Waals surface area contributed by atoms with E-state index >= 15 is 0 Å². The second-order valence-electron chi connectivity index (χ2n) is 6.34. The standard InChI is InChI=1S/C20H21FN2O3/c1-14-3-2-4-18(11-14)26-10-9-22-20(25)15-12-19(24)23(13-15)17-7-5-16(21)6-8-17/h2-8,11,15H,9-10,12-13H2,1H3,(H,22,25)/t15-/m0/s1. The van der Waals surface area contributed by atoms with E-state index in [0.29, 0.717) is 25.4 Å². The van der Waals surface area contributed by atoms with Gasteiger partial charge in [-0.05, 0) is 48.9 Å². The van der Waals surface area contributed by atoms with Crippen LogP contribution in [0.3, 0.4) is 0 Å². The summed E-state index contributed by atoms with van der Waals surface area (Å²) in [6.07, 6.45) is 0.155. The molecule has 5 nitrogen and oxygen atoms in total. The van der Waals surface area contributed by atoms with E-state index in [4.69, 9.17) is 4.74 Å². The number of ether oxygens (including phenoxy) is 1.